The number of nitrogens with zero attached hydrogens (tertiary/aromatic N) is 1. The minimum atomic E-state index is -0.224. The van der Waals surface area contributed by atoms with Crippen molar-refractivity contribution in [3.8, 4) is 0 Å². The molecule has 0 bridgehead atoms. The van der Waals surface area contributed by atoms with Gasteiger partial charge in [0.15, 0.2) is 0 Å². The maximum atomic E-state index is 12.3. The molecule has 0 spiro atoms. The Morgan fingerprint density at radius 3 is 2.74 bits per heavy atom. The van der Waals surface area contributed by atoms with Crippen molar-refractivity contribution in [1.82, 2.24) is 4.90 Å². The number of amides is 1. The minimum absolute atomic E-state index is 0.130. The third-order valence-electron chi connectivity index (χ3n) is 3.25. The van der Waals surface area contributed by atoms with E-state index in [-0.39, 0.29) is 11.9 Å². The number of anilines is 1. The zero-order chi connectivity index (χ0) is 13.8. The highest BCUT2D eigenvalue weighted by Crippen LogP contribution is 2.21. The summed E-state index contributed by atoms with van der Waals surface area (Å²) in [7, 11) is 0. The summed E-state index contributed by atoms with van der Waals surface area (Å²) >= 11 is 3.44. The molecule has 0 aliphatic carbocycles. The van der Waals surface area contributed by atoms with Gasteiger partial charge in [-0.25, -0.2) is 0 Å². The molecule has 1 saturated heterocycles. The van der Waals surface area contributed by atoms with Gasteiger partial charge in [0, 0.05) is 23.2 Å². The first-order chi connectivity index (χ1) is 9.08. The van der Waals surface area contributed by atoms with E-state index in [1.807, 2.05) is 36.9 Å². The molecule has 104 valence electrons. The highest BCUT2D eigenvalue weighted by Gasteiger charge is 2.22. The van der Waals surface area contributed by atoms with Crippen LogP contribution in [0.25, 0.3) is 0 Å². The molecule has 4 nitrogen and oxygen atoms in total. The number of hydrogen-bond acceptors (Lipinski definition) is 3. The van der Waals surface area contributed by atoms with Crippen LogP contribution in [0.3, 0.4) is 0 Å². The van der Waals surface area contributed by atoms with Gasteiger partial charge >= 0.3 is 0 Å². The second-order valence-electron chi connectivity index (χ2n) is 4.76. The van der Waals surface area contributed by atoms with E-state index in [0.717, 1.165) is 15.7 Å². The lowest BCUT2D eigenvalue weighted by Crippen LogP contribution is -2.47. The van der Waals surface area contributed by atoms with Crippen molar-refractivity contribution >= 4 is 27.5 Å². The number of aryl methyl sites for hydroxylation is 1. The van der Waals surface area contributed by atoms with E-state index in [2.05, 4.69) is 21.2 Å². The van der Waals surface area contributed by atoms with Crippen LogP contribution in [-0.2, 0) is 9.53 Å². The van der Waals surface area contributed by atoms with Gasteiger partial charge in [0.25, 0.3) is 0 Å². The first-order valence-electron chi connectivity index (χ1n) is 6.47. The van der Waals surface area contributed by atoms with Crippen LogP contribution in [-0.4, -0.2) is 43.2 Å². The first kappa shape index (κ1) is 14.3. The van der Waals surface area contributed by atoms with Gasteiger partial charge in [-0.15, -0.1) is 0 Å². The Bertz CT molecular complexity index is 459. The molecule has 19 heavy (non-hydrogen) atoms. The van der Waals surface area contributed by atoms with E-state index in [9.17, 15) is 4.79 Å². The lowest BCUT2D eigenvalue weighted by atomic mass is 10.1. The Hall–Kier alpha value is -1.07. The van der Waals surface area contributed by atoms with Crippen LogP contribution in [0.15, 0.2) is 22.7 Å². The first-order valence-corrected chi connectivity index (χ1v) is 7.26. The second kappa shape index (κ2) is 6.39. The maximum absolute atomic E-state index is 12.3. The fourth-order valence-electron chi connectivity index (χ4n) is 2.14. The molecule has 0 aromatic heterocycles. The minimum Gasteiger partial charge on any atom is -0.378 e. The number of ether oxygens (including phenoxy) is 1. The van der Waals surface area contributed by atoms with Crippen molar-refractivity contribution < 1.29 is 9.53 Å². The van der Waals surface area contributed by atoms with E-state index < -0.39 is 0 Å². The summed E-state index contributed by atoms with van der Waals surface area (Å²) in [5.74, 6) is 0.130. The molecule has 1 aromatic carbocycles. The summed E-state index contributed by atoms with van der Waals surface area (Å²) in [6.07, 6.45) is 0. The lowest BCUT2D eigenvalue weighted by Gasteiger charge is -2.30. The van der Waals surface area contributed by atoms with Gasteiger partial charge in [-0.05, 0) is 37.6 Å². The molecular formula is C14H19BrN2O2. The summed E-state index contributed by atoms with van der Waals surface area (Å²) < 4.78 is 6.30. The number of morpholine rings is 1. The second-order valence-corrected chi connectivity index (χ2v) is 5.68. The zero-order valence-electron chi connectivity index (χ0n) is 11.3. The van der Waals surface area contributed by atoms with Crippen LogP contribution in [0, 0.1) is 6.92 Å². The number of carbonyl (C=O) groups excluding carboxylic acids is 1. The predicted octanol–water partition coefficient (Wildman–Crippen LogP) is 2.42. The predicted molar refractivity (Wildman–Crippen MR) is 79.4 cm³/mol. The molecule has 0 radical (unpaired) electrons. The average Bonchev–Trinajstić information content (AvgIpc) is 2.42. The van der Waals surface area contributed by atoms with E-state index >= 15 is 0 Å². The molecule has 1 N–H and O–H groups in total. The van der Waals surface area contributed by atoms with Crippen molar-refractivity contribution in [3.05, 3.63) is 28.2 Å². The molecule has 1 amide bonds. The summed E-state index contributed by atoms with van der Waals surface area (Å²) in [5.41, 5.74) is 2.12. The molecule has 1 aliphatic rings. The Morgan fingerprint density at radius 2 is 2.11 bits per heavy atom. The fourth-order valence-corrected chi connectivity index (χ4v) is 2.62. The van der Waals surface area contributed by atoms with Crippen molar-refractivity contribution in [2.45, 2.75) is 19.9 Å². The maximum Gasteiger partial charge on any atom is 0.244 e. The van der Waals surface area contributed by atoms with Crippen molar-refractivity contribution in [2.75, 3.05) is 31.6 Å². The van der Waals surface area contributed by atoms with Gasteiger partial charge in [-0.3, -0.25) is 4.79 Å². The summed E-state index contributed by atoms with van der Waals surface area (Å²) in [4.78, 5) is 14.1. The molecule has 1 unspecified atom stereocenters. The van der Waals surface area contributed by atoms with E-state index in [1.165, 1.54) is 0 Å². The number of benzene rings is 1. The average molecular weight is 327 g/mol. The summed E-state index contributed by atoms with van der Waals surface area (Å²) in [6, 6.07) is 5.77. The standard InChI is InChI=1S/C14H19BrN2O2/c1-10-9-12(15)3-4-13(10)16-11(2)14(18)17-5-7-19-8-6-17/h3-4,9,11,16H,5-8H2,1-2H3. The zero-order valence-corrected chi connectivity index (χ0v) is 12.9. The Kier molecular flexibility index (Phi) is 4.82. The van der Waals surface area contributed by atoms with Crippen LogP contribution < -0.4 is 5.32 Å². The van der Waals surface area contributed by atoms with Gasteiger partial charge in [0.2, 0.25) is 5.91 Å². The smallest absolute Gasteiger partial charge is 0.244 e. The molecule has 0 saturated carbocycles. The van der Waals surface area contributed by atoms with Crippen LogP contribution >= 0.6 is 15.9 Å². The molecule has 2 rings (SSSR count). The van der Waals surface area contributed by atoms with Gasteiger partial charge in [0.1, 0.15) is 6.04 Å². The van der Waals surface area contributed by atoms with Crippen LogP contribution in [0.1, 0.15) is 12.5 Å². The molecule has 1 heterocycles. The number of hydrogen-bond donors (Lipinski definition) is 1. The topological polar surface area (TPSA) is 41.6 Å². The molecule has 1 fully saturated rings. The molecular weight excluding hydrogens is 308 g/mol. The van der Waals surface area contributed by atoms with Gasteiger partial charge in [-0.1, -0.05) is 15.9 Å². The number of carbonyl (C=O) groups is 1. The van der Waals surface area contributed by atoms with Crippen LogP contribution in [0.4, 0.5) is 5.69 Å². The summed E-state index contributed by atoms with van der Waals surface area (Å²) in [6.45, 7) is 6.57. The highest BCUT2D eigenvalue weighted by molar-refractivity contribution is 9.10. The highest BCUT2D eigenvalue weighted by atomic mass is 79.9. The van der Waals surface area contributed by atoms with Crippen molar-refractivity contribution in [1.29, 1.82) is 0 Å². The third-order valence-corrected chi connectivity index (χ3v) is 3.75. The monoisotopic (exact) mass is 326 g/mol. The largest absolute Gasteiger partial charge is 0.378 e. The Balaban J connectivity index is 1.99. The SMILES string of the molecule is Cc1cc(Br)ccc1NC(C)C(=O)N1CCOCC1. The molecule has 1 aliphatic heterocycles. The van der Waals surface area contributed by atoms with Gasteiger partial charge in [-0.2, -0.15) is 0 Å². The summed E-state index contributed by atoms with van der Waals surface area (Å²) in [5, 5.41) is 3.28. The van der Waals surface area contributed by atoms with Crippen molar-refractivity contribution in [3.63, 3.8) is 0 Å². The molecule has 1 aromatic rings. The molecule has 1 atom stereocenters. The molecule has 5 heteroatoms. The van der Waals surface area contributed by atoms with Crippen LogP contribution in [0.5, 0.6) is 0 Å². The van der Waals surface area contributed by atoms with E-state index in [1.54, 1.807) is 0 Å². The Morgan fingerprint density at radius 1 is 1.42 bits per heavy atom. The number of halogens is 1. The fraction of sp³-hybridized carbons (Fsp3) is 0.500. The Labute approximate surface area is 122 Å². The quantitative estimate of drug-likeness (QED) is 0.927. The van der Waals surface area contributed by atoms with Crippen molar-refractivity contribution in [2.24, 2.45) is 0 Å². The lowest BCUT2D eigenvalue weighted by molar-refractivity contribution is -0.135. The van der Waals surface area contributed by atoms with E-state index in [0.29, 0.717) is 26.3 Å². The van der Waals surface area contributed by atoms with Gasteiger partial charge in [0.05, 0.1) is 13.2 Å². The number of rotatable bonds is 3. The van der Waals surface area contributed by atoms with Gasteiger partial charge < -0.3 is 15.0 Å². The third kappa shape index (κ3) is 3.70. The number of nitrogens with one attached hydrogen (secondary N) is 1. The van der Waals surface area contributed by atoms with Crippen LogP contribution in [0.2, 0.25) is 0 Å². The normalized spacial score (nSPS) is 17.1. The van der Waals surface area contributed by atoms with E-state index in [4.69, 9.17) is 4.74 Å².